The van der Waals surface area contributed by atoms with E-state index in [4.69, 9.17) is 23.2 Å². The van der Waals surface area contributed by atoms with E-state index in [1.807, 2.05) is 26.0 Å². The number of carbonyl (C=O) groups is 1. The molecule has 98 valence electrons. The fourth-order valence-electron chi connectivity index (χ4n) is 1.87. The van der Waals surface area contributed by atoms with Crippen LogP contribution in [0.3, 0.4) is 0 Å². The van der Waals surface area contributed by atoms with Crippen molar-refractivity contribution in [2.75, 3.05) is 0 Å². The van der Waals surface area contributed by atoms with E-state index in [1.54, 1.807) is 30.6 Å². The molecule has 0 atom stereocenters. The number of benzene rings is 1. The quantitative estimate of drug-likeness (QED) is 0.777. The van der Waals surface area contributed by atoms with Crippen molar-refractivity contribution in [3.63, 3.8) is 0 Å². The third-order valence-electron chi connectivity index (χ3n) is 3.13. The molecule has 1 aromatic heterocycles. The molecule has 0 aliphatic heterocycles. The third kappa shape index (κ3) is 2.80. The van der Waals surface area contributed by atoms with Gasteiger partial charge in [-0.3, -0.25) is 9.78 Å². The highest BCUT2D eigenvalue weighted by Crippen LogP contribution is 2.31. The summed E-state index contributed by atoms with van der Waals surface area (Å²) in [6, 6.07) is 8.60. The van der Waals surface area contributed by atoms with Gasteiger partial charge in [-0.25, -0.2) is 0 Å². The molecule has 0 aliphatic rings. The zero-order valence-corrected chi connectivity index (χ0v) is 12.2. The molecule has 0 radical (unpaired) electrons. The number of hydrogen-bond acceptors (Lipinski definition) is 2. The van der Waals surface area contributed by atoms with Crippen LogP contribution in [0.15, 0.2) is 42.7 Å². The van der Waals surface area contributed by atoms with E-state index in [-0.39, 0.29) is 5.78 Å². The fraction of sp³-hybridized carbons (Fsp3) is 0.200. The molecule has 0 N–H and O–H groups in total. The summed E-state index contributed by atoms with van der Waals surface area (Å²) in [5.74, 6) is -0.0535. The second-order valence-electron chi connectivity index (χ2n) is 4.82. The Bertz CT molecular complexity index is 609. The first kappa shape index (κ1) is 14.0. The Morgan fingerprint density at radius 2 is 1.95 bits per heavy atom. The van der Waals surface area contributed by atoms with Gasteiger partial charge in [-0.1, -0.05) is 29.3 Å². The van der Waals surface area contributed by atoms with E-state index >= 15 is 0 Å². The van der Waals surface area contributed by atoms with Gasteiger partial charge in [0, 0.05) is 23.0 Å². The first-order chi connectivity index (χ1) is 8.93. The molecule has 0 bridgehead atoms. The van der Waals surface area contributed by atoms with E-state index < -0.39 is 5.41 Å². The second-order valence-corrected chi connectivity index (χ2v) is 5.66. The molecule has 1 heterocycles. The minimum Gasteiger partial charge on any atom is -0.293 e. The average Bonchev–Trinajstić information content (AvgIpc) is 2.39. The molecule has 2 aromatic rings. The van der Waals surface area contributed by atoms with Crippen LogP contribution in [-0.2, 0) is 5.41 Å². The first-order valence-corrected chi connectivity index (χ1v) is 6.59. The molecule has 2 nitrogen and oxygen atoms in total. The number of ketones is 1. The molecule has 0 saturated carbocycles. The summed E-state index contributed by atoms with van der Waals surface area (Å²) < 4.78 is 0. The van der Waals surface area contributed by atoms with Gasteiger partial charge in [0.05, 0.1) is 10.4 Å². The Kier molecular flexibility index (Phi) is 3.93. The summed E-state index contributed by atoms with van der Waals surface area (Å²) in [7, 11) is 0. The summed E-state index contributed by atoms with van der Waals surface area (Å²) in [6.45, 7) is 3.72. The second kappa shape index (κ2) is 5.32. The molecule has 0 spiro atoms. The van der Waals surface area contributed by atoms with Crippen molar-refractivity contribution in [1.29, 1.82) is 0 Å². The predicted octanol–water partition coefficient (Wildman–Crippen LogP) is 4.55. The van der Waals surface area contributed by atoms with Gasteiger partial charge in [0.1, 0.15) is 0 Å². The maximum Gasteiger partial charge on any atom is 0.174 e. The van der Waals surface area contributed by atoms with Crippen LogP contribution < -0.4 is 0 Å². The average molecular weight is 294 g/mol. The van der Waals surface area contributed by atoms with Gasteiger partial charge >= 0.3 is 0 Å². The van der Waals surface area contributed by atoms with Crippen molar-refractivity contribution in [2.24, 2.45) is 0 Å². The molecule has 0 saturated heterocycles. The van der Waals surface area contributed by atoms with Crippen LogP contribution >= 0.6 is 23.2 Å². The molecule has 0 fully saturated rings. The van der Waals surface area contributed by atoms with Crippen LogP contribution in [0.5, 0.6) is 0 Å². The highest BCUT2D eigenvalue weighted by Gasteiger charge is 2.32. The van der Waals surface area contributed by atoms with Crippen molar-refractivity contribution in [3.8, 4) is 0 Å². The zero-order chi connectivity index (χ0) is 14.0. The molecule has 4 heteroatoms. The number of Topliss-reactive ketones (excluding diaryl/α,β-unsaturated/α-hetero) is 1. The van der Waals surface area contributed by atoms with Gasteiger partial charge in [-0.2, -0.15) is 0 Å². The third-order valence-corrected chi connectivity index (χ3v) is 3.67. The summed E-state index contributed by atoms with van der Waals surface area (Å²) in [5.41, 5.74) is 0.636. The van der Waals surface area contributed by atoms with E-state index in [0.717, 1.165) is 5.56 Å². The van der Waals surface area contributed by atoms with E-state index in [2.05, 4.69) is 4.98 Å². The molecular weight excluding hydrogens is 281 g/mol. The van der Waals surface area contributed by atoms with Crippen LogP contribution in [0.4, 0.5) is 0 Å². The minimum atomic E-state index is -0.689. The lowest BCUT2D eigenvalue weighted by Crippen LogP contribution is -2.29. The van der Waals surface area contributed by atoms with Crippen LogP contribution in [-0.4, -0.2) is 10.8 Å². The molecule has 19 heavy (non-hydrogen) atoms. The maximum absolute atomic E-state index is 12.6. The normalized spacial score (nSPS) is 11.4. The number of rotatable bonds is 3. The van der Waals surface area contributed by atoms with E-state index in [1.165, 1.54) is 0 Å². The summed E-state index contributed by atoms with van der Waals surface area (Å²) in [6.07, 6.45) is 3.38. The van der Waals surface area contributed by atoms with Crippen molar-refractivity contribution < 1.29 is 4.79 Å². The minimum absolute atomic E-state index is 0.0535. The highest BCUT2D eigenvalue weighted by atomic mass is 35.5. The lowest BCUT2D eigenvalue weighted by atomic mass is 9.79. The van der Waals surface area contributed by atoms with Crippen molar-refractivity contribution in [2.45, 2.75) is 19.3 Å². The number of carbonyl (C=O) groups excluding carboxylic acids is 1. The smallest absolute Gasteiger partial charge is 0.174 e. The summed E-state index contributed by atoms with van der Waals surface area (Å²) in [5, 5.41) is 0.884. The number of pyridine rings is 1. The number of nitrogens with zero attached hydrogens (tertiary/aromatic N) is 1. The van der Waals surface area contributed by atoms with Gasteiger partial charge in [0.25, 0.3) is 0 Å². The lowest BCUT2D eigenvalue weighted by Gasteiger charge is -2.23. The van der Waals surface area contributed by atoms with E-state index in [9.17, 15) is 4.79 Å². The summed E-state index contributed by atoms with van der Waals surface area (Å²) in [4.78, 5) is 16.7. The fourth-order valence-corrected chi connectivity index (χ4v) is 2.37. The Morgan fingerprint density at radius 3 is 2.53 bits per heavy atom. The standard InChI is InChI=1S/C15H13Cl2NO/c1-15(2,10-4-3-7-18-9-10)14(19)12-6-5-11(16)8-13(12)17/h3-9H,1-2H3. The van der Waals surface area contributed by atoms with Crippen LogP contribution in [0.25, 0.3) is 0 Å². The number of aromatic nitrogens is 1. The van der Waals surface area contributed by atoms with Crippen molar-refractivity contribution in [1.82, 2.24) is 4.98 Å². The van der Waals surface area contributed by atoms with Gasteiger partial charge in [0.15, 0.2) is 5.78 Å². The Labute approximate surface area is 122 Å². The van der Waals surface area contributed by atoms with Gasteiger partial charge < -0.3 is 0 Å². The Balaban J connectivity index is 2.43. The SMILES string of the molecule is CC(C)(C(=O)c1ccc(Cl)cc1Cl)c1cccnc1. The van der Waals surface area contributed by atoms with Crippen LogP contribution in [0, 0.1) is 0 Å². The van der Waals surface area contributed by atoms with Crippen molar-refractivity contribution in [3.05, 3.63) is 63.9 Å². The molecule has 0 unspecified atom stereocenters. The van der Waals surface area contributed by atoms with Crippen LogP contribution in [0.1, 0.15) is 29.8 Å². The monoisotopic (exact) mass is 293 g/mol. The maximum atomic E-state index is 12.6. The molecular formula is C15H13Cl2NO. The Hall–Kier alpha value is -1.38. The molecule has 0 aliphatic carbocycles. The molecule has 2 rings (SSSR count). The van der Waals surface area contributed by atoms with Gasteiger partial charge in [0.2, 0.25) is 0 Å². The Morgan fingerprint density at radius 1 is 1.21 bits per heavy atom. The highest BCUT2D eigenvalue weighted by molar-refractivity contribution is 6.37. The van der Waals surface area contributed by atoms with Gasteiger partial charge in [-0.15, -0.1) is 0 Å². The van der Waals surface area contributed by atoms with Crippen LogP contribution in [0.2, 0.25) is 10.0 Å². The molecule has 1 aromatic carbocycles. The predicted molar refractivity (Wildman–Crippen MR) is 78.1 cm³/mol. The van der Waals surface area contributed by atoms with Crippen molar-refractivity contribution >= 4 is 29.0 Å². The zero-order valence-electron chi connectivity index (χ0n) is 10.7. The van der Waals surface area contributed by atoms with Gasteiger partial charge in [-0.05, 0) is 43.7 Å². The summed E-state index contributed by atoms with van der Waals surface area (Å²) >= 11 is 11.9. The largest absolute Gasteiger partial charge is 0.293 e. The lowest BCUT2D eigenvalue weighted by molar-refractivity contribution is 0.0908. The topological polar surface area (TPSA) is 30.0 Å². The number of halogens is 2. The number of hydrogen-bond donors (Lipinski definition) is 0. The van der Waals surface area contributed by atoms with E-state index in [0.29, 0.717) is 15.6 Å². The first-order valence-electron chi connectivity index (χ1n) is 5.83. The molecule has 0 amide bonds.